The van der Waals surface area contributed by atoms with Gasteiger partial charge in [-0.25, -0.2) is 13.1 Å². The zero-order chi connectivity index (χ0) is 25.3. The van der Waals surface area contributed by atoms with E-state index in [1.807, 2.05) is 20.8 Å². The SMILES string of the molecule is CNC(=O)[C@@H]1C[C@@H](O)CN1C(=O)[C@@H](n1cc(CCN2CCN(S(C)(=O)=O)CC2)nn1)C(C)(C)C. The van der Waals surface area contributed by atoms with Crippen molar-refractivity contribution in [1.82, 2.24) is 34.4 Å². The molecular formula is C21H37N7O5S. The van der Waals surface area contributed by atoms with Crippen molar-refractivity contribution in [1.29, 1.82) is 0 Å². The minimum atomic E-state index is -3.16. The van der Waals surface area contributed by atoms with Gasteiger partial charge in [-0.15, -0.1) is 5.10 Å². The van der Waals surface area contributed by atoms with E-state index in [0.29, 0.717) is 39.1 Å². The number of aliphatic hydroxyl groups excluding tert-OH is 1. The highest BCUT2D eigenvalue weighted by Crippen LogP contribution is 2.34. The van der Waals surface area contributed by atoms with E-state index in [4.69, 9.17) is 0 Å². The average Bonchev–Trinajstić information content (AvgIpc) is 3.37. The number of amides is 2. The number of nitrogens with one attached hydrogen (secondary N) is 1. The number of piperazine rings is 1. The molecule has 1 aromatic rings. The van der Waals surface area contributed by atoms with Gasteiger partial charge in [0.2, 0.25) is 21.8 Å². The normalized spacial score (nSPS) is 23.8. The molecule has 0 bridgehead atoms. The Morgan fingerprint density at radius 1 is 1.24 bits per heavy atom. The Kier molecular flexibility index (Phi) is 8.00. The standard InChI is InChI=1S/C21H37N7O5S/c1-21(2,3)18(20(31)27-14-16(29)12-17(27)19(30)22-4)28-13-15(23-24-28)6-7-25-8-10-26(11-9-25)34(5,32)33/h13,16-18,29H,6-12,14H2,1-5H3,(H,22,30)/t16-,17+,18-/m1/s1. The van der Waals surface area contributed by atoms with Crippen LogP contribution < -0.4 is 5.32 Å². The maximum absolute atomic E-state index is 13.6. The Hall–Kier alpha value is -2.09. The number of aliphatic hydroxyl groups is 1. The zero-order valence-corrected chi connectivity index (χ0v) is 21.5. The summed E-state index contributed by atoms with van der Waals surface area (Å²) in [5, 5.41) is 21.2. The minimum Gasteiger partial charge on any atom is -0.391 e. The van der Waals surface area contributed by atoms with Crippen LogP contribution in [0.15, 0.2) is 6.20 Å². The van der Waals surface area contributed by atoms with E-state index in [2.05, 4.69) is 20.5 Å². The molecule has 0 spiro atoms. The molecule has 2 fully saturated rings. The molecule has 2 aliphatic heterocycles. The van der Waals surface area contributed by atoms with Crippen LogP contribution in [0.1, 0.15) is 38.9 Å². The monoisotopic (exact) mass is 499 g/mol. The van der Waals surface area contributed by atoms with Gasteiger partial charge in [0.1, 0.15) is 12.1 Å². The summed E-state index contributed by atoms with van der Waals surface area (Å²) in [5.41, 5.74) is 0.224. The smallest absolute Gasteiger partial charge is 0.248 e. The highest BCUT2D eigenvalue weighted by atomic mass is 32.2. The van der Waals surface area contributed by atoms with Crippen molar-refractivity contribution in [3.63, 3.8) is 0 Å². The number of rotatable bonds is 7. The summed E-state index contributed by atoms with van der Waals surface area (Å²) in [5.74, 6) is -0.571. The molecule has 2 saturated heterocycles. The first-order chi connectivity index (χ1) is 15.8. The summed E-state index contributed by atoms with van der Waals surface area (Å²) >= 11 is 0. The second kappa shape index (κ2) is 10.3. The highest BCUT2D eigenvalue weighted by Gasteiger charge is 2.45. The van der Waals surface area contributed by atoms with Gasteiger partial charge < -0.3 is 20.2 Å². The van der Waals surface area contributed by atoms with Gasteiger partial charge in [0.25, 0.3) is 0 Å². The summed E-state index contributed by atoms with van der Waals surface area (Å²) in [4.78, 5) is 29.5. The maximum atomic E-state index is 13.6. The van der Waals surface area contributed by atoms with Crippen LogP contribution in [0.5, 0.6) is 0 Å². The number of likely N-dealkylation sites (tertiary alicyclic amines) is 1. The number of aromatic nitrogens is 3. The summed E-state index contributed by atoms with van der Waals surface area (Å²) in [7, 11) is -1.65. The molecule has 0 aliphatic carbocycles. The molecule has 3 heterocycles. The predicted molar refractivity (Wildman–Crippen MR) is 125 cm³/mol. The lowest BCUT2D eigenvalue weighted by Gasteiger charge is -2.34. The van der Waals surface area contributed by atoms with Crippen molar-refractivity contribution in [2.45, 2.75) is 51.8 Å². The van der Waals surface area contributed by atoms with Gasteiger partial charge in [0, 0.05) is 65.4 Å². The Morgan fingerprint density at radius 3 is 2.44 bits per heavy atom. The van der Waals surface area contributed by atoms with Crippen molar-refractivity contribution < 1.29 is 23.1 Å². The number of likely N-dealkylation sites (N-methyl/N-ethyl adjacent to an activating group) is 1. The third-order valence-corrected chi connectivity index (χ3v) is 7.78. The fourth-order valence-electron chi connectivity index (χ4n) is 4.62. The molecule has 12 nitrogen and oxygen atoms in total. The second-order valence-electron chi connectivity index (χ2n) is 10.2. The first-order valence-electron chi connectivity index (χ1n) is 11.6. The van der Waals surface area contributed by atoms with Crippen molar-refractivity contribution in [2.24, 2.45) is 5.41 Å². The van der Waals surface area contributed by atoms with E-state index in [-0.39, 0.29) is 24.8 Å². The Morgan fingerprint density at radius 2 is 1.88 bits per heavy atom. The summed E-state index contributed by atoms with van der Waals surface area (Å²) in [6.45, 7) is 8.86. The van der Waals surface area contributed by atoms with E-state index >= 15 is 0 Å². The second-order valence-corrected chi connectivity index (χ2v) is 12.2. The first kappa shape index (κ1) is 26.5. The highest BCUT2D eigenvalue weighted by molar-refractivity contribution is 7.88. The van der Waals surface area contributed by atoms with Gasteiger partial charge in [-0.1, -0.05) is 26.0 Å². The molecule has 192 valence electrons. The molecule has 0 radical (unpaired) electrons. The largest absolute Gasteiger partial charge is 0.391 e. The molecule has 2 N–H and O–H groups in total. The quantitative estimate of drug-likeness (QED) is 0.471. The lowest BCUT2D eigenvalue weighted by Crippen LogP contribution is -2.49. The zero-order valence-electron chi connectivity index (χ0n) is 20.6. The number of nitrogens with zero attached hydrogens (tertiary/aromatic N) is 6. The van der Waals surface area contributed by atoms with E-state index < -0.39 is 33.6 Å². The van der Waals surface area contributed by atoms with Crippen molar-refractivity contribution >= 4 is 21.8 Å². The van der Waals surface area contributed by atoms with Gasteiger partial charge in [0.05, 0.1) is 18.1 Å². The number of hydrogen-bond donors (Lipinski definition) is 2. The van der Waals surface area contributed by atoms with Crippen molar-refractivity contribution in [2.75, 3.05) is 52.6 Å². The van der Waals surface area contributed by atoms with Crippen LogP contribution in [0.25, 0.3) is 0 Å². The van der Waals surface area contributed by atoms with Crippen molar-refractivity contribution in [3.8, 4) is 0 Å². The fourth-order valence-corrected chi connectivity index (χ4v) is 5.45. The first-order valence-corrected chi connectivity index (χ1v) is 13.4. The number of hydrogen-bond acceptors (Lipinski definition) is 8. The molecule has 1 aromatic heterocycles. The van der Waals surface area contributed by atoms with E-state index in [0.717, 1.165) is 5.69 Å². The maximum Gasteiger partial charge on any atom is 0.248 e. The molecule has 0 unspecified atom stereocenters. The molecule has 2 amide bonds. The molecule has 3 rings (SSSR count). The van der Waals surface area contributed by atoms with Crippen LogP contribution in [-0.2, 0) is 26.0 Å². The van der Waals surface area contributed by atoms with Crippen LogP contribution in [0.4, 0.5) is 0 Å². The van der Waals surface area contributed by atoms with E-state index in [1.54, 1.807) is 10.9 Å². The lowest BCUT2D eigenvalue weighted by molar-refractivity contribution is -0.144. The summed E-state index contributed by atoms with van der Waals surface area (Å²) in [6.07, 6.45) is 3.07. The predicted octanol–water partition coefficient (Wildman–Crippen LogP) is -1.31. The summed E-state index contributed by atoms with van der Waals surface area (Å²) < 4.78 is 26.4. The molecule has 34 heavy (non-hydrogen) atoms. The third-order valence-electron chi connectivity index (χ3n) is 6.47. The Bertz CT molecular complexity index is 982. The minimum absolute atomic E-state index is 0.102. The average molecular weight is 500 g/mol. The van der Waals surface area contributed by atoms with Gasteiger partial charge in [-0.2, -0.15) is 4.31 Å². The Labute approximate surface area is 201 Å². The molecule has 13 heteroatoms. The molecule has 0 saturated carbocycles. The van der Waals surface area contributed by atoms with E-state index in [1.165, 1.54) is 22.5 Å². The number of sulfonamides is 1. The number of carbonyl (C=O) groups is 2. The van der Waals surface area contributed by atoms with Crippen LogP contribution in [0.3, 0.4) is 0 Å². The van der Waals surface area contributed by atoms with Crippen LogP contribution in [-0.4, -0.2) is 119 Å². The van der Waals surface area contributed by atoms with Crippen LogP contribution >= 0.6 is 0 Å². The fraction of sp³-hybridized carbons (Fsp3) is 0.810. The summed E-state index contributed by atoms with van der Waals surface area (Å²) in [6, 6.07) is -1.41. The number of β-amino-alcohol motifs (C(OH)–C–C–N with tert-alkyl or cyclic N) is 1. The topological polar surface area (TPSA) is 141 Å². The van der Waals surface area contributed by atoms with Gasteiger partial charge in [-0.3, -0.25) is 9.59 Å². The Balaban J connectivity index is 1.68. The third kappa shape index (κ3) is 6.12. The van der Waals surface area contributed by atoms with Gasteiger partial charge in [0.15, 0.2) is 0 Å². The molecule has 3 atom stereocenters. The molecule has 0 aromatic carbocycles. The lowest BCUT2D eigenvalue weighted by atomic mass is 9.85. The van der Waals surface area contributed by atoms with Crippen molar-refractivity contribution in [3.05, 3.63) is 11.9 Å². The number of carbonyl (C=O) groups excluding carboxylic acids is 2. The van der Waals surface area contributed by atoms with E-state index in [9.17, 15) is 23.1 Å². The molecule has 2 aliphatic rings. The molecular weight excluding hydrogens is 462 g/mol. The van der Waals surface area contributed by atoms with Crippen LogP contribution in [0, 0.1) is 5.41 Å². The van der Waals surface area contributed by atoms with Gasteiger partial charge >= 0.3 is 0 Å². The van der Waals surface area contributed by atoms with Crippen LogP contribution in [0.2, 0.25) is 0 Å². The van der Waals surface area contributed by atoms with Gasteiger partial charge in [-0.05, 0) is 5.41 Å².